The molecule has 0 aromatic heterocycles. The maximum Gasteiger partial charge on any atom is 0.208 e. The lowest BCUT2D eigenvalue weighted by Gasteiger charge is -2.24. The van der Waals surface area contributed by atoms with Crippen molar-refractivity contribution in [1.29, 1.82) is 0 Å². The van der Waals surface area contributed by atoms with Crippen molar-refractivity contribution in [3.05, 3.63) is 0 Å². The molecule has 0 saturated carbocycles. The van der Waals surface area contributed by atoms with Crippen molar-refractivity contribution >= 4 is 5.96 Å². The van der Waals surface area contributed by atoms with Crippen LogP contribution in [-0.4, -0.2) is 30.0 Å². The first-order valence-corrected chi connectivity index (χ1v) is 5.43. The quantitative estimate of drug-likeness (QED) is 0.300. The molecule has 1 saturated heterocycles. The van der Waals surface area contributed by atoms with Crippen molar-refractivity contribution in [1.82, 2.24) is 10.3 Å². The molecule has 1 atom stereocenters. The standard InChI is InChI=1S/C10H22N4/c1-8(2)7-12-10(13-11)14-6-4-5-9(14)3/h8-9H,4-7,11H2,1-3H3,(H,12,13). The molecular formula is C10H22N4. The number of rotatable bonds is 2. The number of guanidine groups is 1. The van der Waals surface area contributed by atoms with E-state index in [1.54, 1.807) is 0 Å². The van der Waals surface area contributed by atoms with Crippen LogP contribution >= 0.6 is 0 Å². The Morgan fingerprint density at radius 1 is 1.64 bits per heavy atom. The lowest BCUT2D eigenvalue weighted by atomic mass is 10.2. The van der Waals surface area contributed by atoms with E-state index in [4.69, 9.17) is 5.84 Å². The van der Waals surface area contributed by atoms with Gasteiger partial charge < -0.3 is 4.90 Å². The van der Waals surface area contributed by atoms with Gasteiger partial charge in [0.2, 0.25) is 5.96 Å². The lowest BCUT2D eigenvalue weighted by molar-refractivity contribution is 0.397. The molecule has 0 amide bonds. The summed E-state index contributed by atoms with van der Waals surface area (Å²) in [7, 11) is 0. The first-order valence-electron chi connectivity index (χ1n) is 5.43. The molecule has 14 heavy (non-hydrogen) atoms. The minimum atomic E-state index is 0.567. The molecule has 1 heterocycles. The highest BCUT2D eigenvalue weighted by atomic mass is 15.4. The summed E-state index contributed by atoms with van der Waals surface area (Å²) < 4.78 is 0. The first-order chi connectivity index (χ1) is 6.65. The van der Waals surface area contributed by atoms with Gasteiger partial charge >= 0.3 is 0 Å². The zero-order valence-electron chi connectivity index (χ0n) is 9.45. The van der Waals surface area contributed by atoms with Crippen molar-refractivity contribution in [2.24, 2.45) is 16.8 Å². The van der Waals surface area contributed by atoms with Crippen molar-refractivity contribution in [3.8, 4) is 0 Å². The number of nitrogens with two attached hydrogens (primary N) is 1. The molecule has 1 rings (SSSR count). The molecule has 0 spiro atoms. The average molecular weight is 198 g/mol. The minimum absolute atomic E-state index is 0.567. The number of hydrogen-bond donors (Lipinski definition) is 2. The van der Waals surface area contributed by atoms with E-state index in [-0.39, 0.29) is 0 Å². The molecule has 4 heteroatoms. The molecule has 0 radical (unpaired) electrons. The predicted octanol–water partition coefficient (Wildman–Crippen LogP) is 0.946. The van der Waals surface area contributed by atoms with E-state index in [1.165, 1.54) is 12.8 Å². The van der Waals surface area contributed by atoms with Gasteiger partial charge in [0.1, 0.15) is 0 Å². The lowest BCUT2D eigenvalue weighted by Crippen LogP contribution is -2.46. The van der Waals surface area contributed by atoms with Gasteiger partial charge in [-0.2, -0.15) is 0 Å². The van der Waals surface area contributed by atoms with Crippen LogP contribution in [0.25, 0.3) is 0 Å². The van der Waals surface area contributed by atoms with E-state index in [0.29, 0.717) is 12.0 Å². The molecule has 0 bridgehead atoms. The molecule has 3 N–H and O–H groups in total. The second kappa shape index (κ2) is 5.20. The third-order valence-corrected chi connectivity index (χ3v) is 2.56. The van der Waals surface area contributed by atoms with Crippen molar-refractivity contribution in [2.45, 2.75) is 39.7 Å². The topological polar surface area (TPSA) is 53.6 Å². The summed E-state index contributed by atoms with van der Waals surface area (Å²) in [5.74, 6) is 6.91. The molecule has 1 fully saturated rings. The number of hydrazine groups is 1. The van der Waals surface area contributed by atoms with Crippen molar-refractivity contribution in [2.75, 3.05) is 13.1 Å². The van der Waals surface area contributed by atoms with E-state index in [2.05, 4.69) is 36.1 Å². The number of nitrogens with zero attached hydrogens (tertiary/aromatic N) is 2. The maximum absolute atomic E-state index is 5.48. The highest BCUT2D eigenvalue weighted by Gasteiger charge is 2.22. The molecule has 0 aromatic carbocycles. The Morgan fingerprint density at radius 3 is 2.79 bits per heavy atom. The summed E-state index contributed by atoms with van der Waals surface area (Å²) in [6.45, 7) is 8.44. The highest BCUT2D eigenvalue weighted by molar-refractivity contribution is 5.79. The zero-order valence-corrected chi connectivity index (χ0v) is 9.45. The minimum Gasteiger partial charge on any atom is -0.339 e. The summed E-state index contributed by atoms with van der Waals surface area (Å²) in [5, 5.41) is 0. The highest BCUT2D eigenvalue weighted by Crippen LogP contribution is 2.16. The second-order valence-electron chi connectivity index (χ2n) is 4.39. The van der Waals surface area contributed by atoms with E-state index in [1.807, 2.05) is 0 Å². The van der Waals surface area contributed by atoms with Gasteiger partial charge in [0.15, 0.2) is 0 Å². The Hall–Kier alpha value is -0.770. The number of hydrogen-bond acceptors (Lipinski definition) is 2. The van der Waals surface area contributed by atoms with Gasteiger partial charge in [-0.1, -0.05) is 13.8 Å². The molecule has 4 nitrogen and oxygen atoms in total. The average Bonchev–Trinajstić information content (AvgIpc) is 2.53. The fraction of sp³-hybridized carbons (Fsp3) is 0.900. The van der Waals surface area contributed by atoms with Crippen molar-refractivity contribution < 1.29 is 0 Å². The molecule has 1 aliphatic heterocycles. The van der Waals surface area contributed by atoms with Crippen LogP contribution in [0, 0.1) is 5.92 Å². The van der Waals surface area contributed by atoms with Crippen LogP contribution in [-0.2, 0) is 0 Å². The number of likely N-dealkylation sites (tertiary alicyclic amines) is 1. The van der Waals surface area contributed by atoms with E-state index >= 15 is 0 Å². The van der Waals surface area contributed by atoms with E-state index < -0.39 is 0 Å². The Kier molecular flexibility index (Phi) is 4.20. The smallest absolute Gasteiger partial charge is 0.208 e. The van der Waals surface area contributed by atoms with Crippen LogP contribution in [0.2, 0.25) is 0 Å². The Labute approximate surface area is 86.5 Å². The molecule has 1 aliphatic rings. The van der Waals surface area contributed by atoms with Crippen LogP contribution < -0.4 is 11.3 Å². The summed E-state index contributed by atoms with van der Waals surface area (Å²) >= 11 is 0. The normalized spacial score (nSPS) is 23.4. The van der Waals surface area contributed by atoms with Gasteiger partial charge in [-0.15, -0.1) is 0 Å². The third kappa shape index (κ3) is 2.87. The summed E-state index contributed by atoms with van der Waals surface area (Å²) in [6.07, 6.45) is 2.48. The number of nitrogens with one attached hydrogen (secondary N) is 1. The summed E-state index contributed by atoms with van der Waals surface area (Å²) in [5.41, 5.74) is 2.71. The predicted molar refractivity (Wildman–Crippen MR) is 59.9 cm³/mol. The van der Waals surface area contributed by atoms with E-state index in [9.17, 15) is 0 Å². The van der Waals surface area contributed by atoms with Gasteiger partial charge in [-0.05, 0) is 25.7 Å². The summed E-state index contributed by atoms with van der Waals surface area (Å²) in [4.78, 5) is 6.73. The molecule has 0 aliphatic carbocycles. The van der Waals surface area contributed by atoms with Crippen LogP contribution in [0.1, 0.15) is 33.6 Å². The Balaban J connectivity index is 2.56. The van der Waals surface area contributed by atoms with Crippen LogP contribution in [0.3, 0.4) is 0 Å². The van der Waals surface area contributed by atoms with Gasteiger partial charge in [-0.25, -0.2) is 5.84 Å². The van der Waals surface area contributed by atoms with Crippen molar-refractivity contribution in [3.63, 3.8) is 0 Å². The van der Waals surface area contributed by atoms with Crippen LogP contribution in [0.5, 0.6) is 0 Å². The molecule has 0 aromatic rings. The first kappa shape index (κ1) is 11.3. The molecular weight excluding hydrogens is 176 g/mol. The fourth-order valence-corrected chi connectivity index (χ4v) is 1.74. The summed E-state index contributed by atoms with van der Waals surface area (Å²) in [6, 6.07) is 0.567. The zero-order chi connectivity index (χ0) is 10.6. The molecule has 82 valence electrons. The molecule has 1 unspecified atom stereocenters. The van der Waals surface area contributed by atoms with Gasteiger partial charge in [0.25, 0.3) is 0 Å². The van der Waals surface area contributed by atoms with Gasteiger partial charge in [0, 0.05) is 19.1 Å². The second-order valence-corrected chi connectivity index (χ2v) is 4.39. The van der Waals surface area contributed by atoms with Gasteiger partial charge in [-0.3, -0.25) is 10.4 Å². The largest absolute Gasteiger partial charge is 0.339 e. The fourth-order valence-electron chi connectivity index (χ4n) is 1.74. The SMILES string of the molecule is CC(C)CN=C(NN)N1CCCC1C. The van der Waals surface area contributed by atoms with E-state index in [0.717, 1.165) is 19.0 Å². The maximum atomic E-state index is 5.48. The van der Waals surface area contributed by atoms with Gasteiger partial charge in [0.05, 0.1) is 0 Å². The number of aliphatic imine (C=N–C) groups is 1. The Bertz CT molecular complexity index is 200. The third-order valence-electron chi connectivity index (χ3n) is 2.56. The van der Waals surface area contributed by atoms with Crippen LogP contribution in [0.15, 0.2) is 4.99 Å². The van der Waals surface area contributed by atoms with Crippen LogP contribution in [0.4, 0.5) is 0 Å². The Morgan fingerprint density at radius 2 is 2.36 bits per heavy atom. The monoisotopic (exact) mass is 198 g/mol.